The number of thiophene rings is 1. The summed E-state index contributed by atoms with van der Waals surface area (Å²) in [5, 5.41) is 2.28. The summed E-state index contributed by atoms with van der Waals surface area (Å²) < 4.78 is 1.66. The van der Waals surface area contributed by atoms with Gasteiger partial charge in [-0.25, -0.2) is 4.98 Å². The molecule has 128 valence electrons. The Kier molecular flexibility index (Phi) is 4.48. The summed E-state index contributed by atoms with van der Waals surface area (Å²) >= 11 is 9.06. The van der Waals surface area contributed by atoms with E-state index in [4.69, 9.17) is 16.6 Å². The standard InChI is InChI=1S/C19H17ClN2OS2/c1-11(20)9-10-24-19-21-17-15(18(23)22(19)2)14-8-7-12-5-3-4-6-13(12)16(14)25-17/h3-6,9H,7-8,10H2,1-2H3/b11-9+. The van der Waals surface area contributed by atoms with Gasteiger partial charge in [-0.2, -0.15) is 0 Å². The lowest BCUT2D eigenvalue weighted by Crippen LogP contribution is -2.20. The molecule has 0 saturated carbocycles. The van der Waals surface area contributed by atoms with Crippen molar-refractivity contribution >= 4 is 44.9 Å². The van der Waals surface area contributed by atoms with E-state index < -0.39 is 0 Å². The number of halogens is 1. The summed E-state index contributed by atoms with van der Waals surface area (Å²) in [5.74, 6) is 0.703. The van der Waals surface area contributed by atoms with Crippen LogP contribution in [0.25, 0.3) is 20.7 Å². The highest BCUT2D eigenvalue weighted by molar-refractivity contribution is 7.99. The summed E-state index contributed by atoms with van der Waals surface area (Å²) in [7, 11) is 1.80. The zero-order valence-electron chi connectivity index (χ0n) is 14.0. The van der Waals surface area contributed by atoms with E-state index in [0.717, 1.165) is 33.2 Å². The van der Waals surface area contributed by atoms with Gasteiger partial charge >= 0.3 is 0 Å². The van der Waals surface area contributed by atoms with Crippen molar-refractivity contribution in [2.75, 3.05) is 5.75 Å². The summed E-state index contributed by atoms with van der Waals surface area (Å²) in [6.45, 7) is 1.85. The minimum atomic E-state index is 0.0518. The number of nitrogens with zero attached hydrogens (tertiary/aromatic N) is 2. The van der Waals surface area contributed by atoms with E-state index in [1.165, 1.54) is 33.3 Å². The molecule has 25 heavy (non-hydrogen) atoms. The van der Waals surface area contributed by atoms with Crippen molar-refractivity contribution in [1.29, 1.82) is 0 Å². The monoisotopic (exact) mass is 388 g/mol. The maximum Gasteiger partial charge on any atom is 0.262 e. The molecule has 0 radical (unpaired) electrons. The largest absolute Gasteiger partial charge is 0.290 e. The predicted molar refractivity (Wildman–Crippen MR) is 108 cm³/mol. The topological polar surface area (TPSA) is 34.9 Å². The van der Waals surface area contributed by atoms with Crippen LogP contribution in [0, 0.1) is 0 Å². The zero-order valence-corrected chi connectivity index (χ0v) is 16.4. The molecule has 4 rings (SSSR count). The fourth-order valence-electron chi connectivity index (χ4n) is 3.20. The second-order valence-electron chi connectivity index (χ2n) is 6.11. The molecule has 0 fully saturated rings. The van der Waals surface area contributed by atoms with Gasteiger partial charge in [0.2, 0.25) is 0 Å². The Morgan fingerprint density at radius 2 is 2.20 bits per heavy atom. The highest BCUT2D eigenvalue weighted by atomic mass is 35.5. The number of hydrogen-bond donors (Lipinski definition) is 0. The van der Waals surface area contributed by atoms with Crippen molar-refractivity contribution in [3.8, 4) is 10.4 Å². The van der Waals surface area contributed by atoms with Crippen LogP contribution in [-0.4, -0.2) is 15.3 Å². The fourth-order valence-corrected chi connectivity index (χ4v) is 5.62. The van der Waals surface area contributed by atoms with Crippen molar-refractivity contribution < 1.29 is 0 Å². The Morgan fingerprint density at radius 1 is 1.40 bits per heavy atom. The molecule has 0 spiro atoms. The number of thioether (sulfide) groups is 1. The molecule has 0 unspecified atom stereocenters. The first-order valence-corrected chi connectivity index (χ1v) is 10.3. The quantitative estimate of drug-likeness (QED) is 0.468. The molecule has 2 aromatic heterocycles. The molecule has 0 bridgehead atoms. The third-order valence-corrected chi connectivity index (χ3v) is 6.74. The summed E-state index contributed by atoms with van der Waals surface area (Å²) in [6, 6.07) is 8.47. The average molecular weight is 389 g/mol. The first kappa shape index (κ1) is 16.9. The van der Waals surface area contributed by atoms with Gasteiger partial charge in [0.1, 0.15) is 4.83 Å². The van der Waals surface area contributed by atoms with E-state index in [2.05, 4.69) is 24.3 Å². The second-order valence-corrected chi connectivity index (χ2v) is 8.69. The van der Waals surface area contributed by atoms with Crippen LogP contribution >= 0.6 is 34.7 Å². The molecule has 0 saturated heterocycles. The Hall–Kier alpha value is -1.56. The lowest BCUT2D eigenvalue weighted by atomic mass is 9.90. The highest BCUT2D eigenvalue weighted by Gasteiger charge is 2.24. The minimum Gasteiger partial charge on any atom is -0.290 e. The van der Waals surface area contributed by atoms with E-state index in [0.29, 0.717) is 5.75 Å². The van der Waals surface area contributed by atoms with Gasteiger partial charge in [-0.15, -0.1) is 11.3 Å². The number of fused-ring (bicyclic) bond motifs is 5. The van der Waals surface area contributed by atoms with Crippen molar-refractivity contribution in [2.45, 2.75) is 24.9 Å². The molecule has 2 heterocycles. The molecule has 0 amide bonds. The number of aryl methyl sites for hydroxylation is 2. The first-order chi connectivity index (χ1) is 12.1. The molecule has 1 aliphatic rings. The maximum absolute atomic E-state index is 13.0. The molecule has 0 aliphatic heterocycles. The van der Waals surface area contributed by atoms with Crippen LogP contribution in [0.3, 0.4) is 0 Å². The van der Waals surface area contributed by atoms with E-state index in [9.17, 15) is 4.79 Å². The third-order valence-electron chi connectivity index (χ3n) is 4.47. The number of hydrogen-bond acceptors (Lipinski definition) is 4. The molecule has 3 aromatic rings. The number of benzene rings is 1. The number of rotatable bonds is 3. The zero-order chi connectivity index (χ0) is 17.6. The molecule has 1 aliphatic carbocycles. The maximum atomic E-state index is 13.0. The van der Waals surface area contributed by atoms with Gasteiger partial charge in [-0.1, -0.05) is 53.7 Å². The van der Waals surface area contributed by atoms with Crippen LogP contribution < -0.4 is 5.56 Å². The third kappa shape index (κ3) is 2.94. The SMILES string of the molecule is C/C(Cl)=C\CSc1nc2sc3c(c2c(=O)n1C)CCc1ccccc1-3. The van der Waals surface area contributed by atoms with Crippen molar-refractivity contribution in [3.63, 3.8) is 0 Å². The van der Waals surface area contributed by atoms with Gasteiger partial charge in [0.15, 0.2) is 5.16 Å². The van der Waals surface area contributed by atoms with Gasteiger partial charge < -0.3 is 0 Å². The molecular weight excluding hydrogens is 372 g/mol. The molecule has 0 N–H and O–H groups in total. The van der Waals surface area contributed by atoms with Crippen molar-refractivity contribution in [2.24, 2.45) is 7.05 Å². The van der Waals surface area contributed by atoms with Crippen LogP contribution in [0.1, 0.15) is 18.1 Å². The number of allylic oxidation sites excluding steroid dienone is 1. The van der Waals surface area contributed by atoms with Gasteiger partial charge in [-0.3, -0.25) is 9.36 Å². The summed E-state index contributed by atoms with van der Waals surface area (Å²) in [4.78, 5) is 19.8. The van der Waals surface area contributed by atoms with Gasteiger partial charge in [-0.05, 0) is 36.5 Å². The Balaban J connectivity index is 1.87. The van der Waals surface area contributed by atoms with Crippen molar-refractivity contribution in [1.82, 2.24) is 9.55 Å². The molecule has 3 nitrogen and oxygen atoms in total. The van der Waals surface area contributed by atoms with Crippen LogP contribution in [-0.2, 0) is 19.9 Å². The van der Waals surface area contributed by atoms with Crippen LogP contribution in [0.5, 0.6) is 0 Å². The molecule has 0 atom stereocenters. The molecule has 6 heteroatoms. The summed E-state index contributed by atoms with van der Waals surface area (Å²) in [6.07, 6.45) is 3.82. The molecule has 1 aromatic carbocycles. The van der Waals surface area contributed by atoms with E-state index in [1.54, 1.807) is 23.0 Å². The average Bonchev–Trinajstić information content (AvgIpc) is 2.97. The smallest absolute Gasteiger partial charge is 0.262 e. The lowest BCUT2D eigenvalue weighted by Gasteiger charge is -2.15. The second kappa shape index (κ2) is 6.63. The van der Waals surface area contributed by atoms with Crippen LogP contribution in [0.15, 0.2) is 45.3 Å². The summed E-state index contributed by atoms with van der Waals surface area (Å²) in [5.41, 5.74) is 3.83. The Labute approximate surface area is 159 Å². The highest BCUT2D eigenvalue weighted by Crippen LogP contribution is 2.42. The number of aromatic nitrogens is 2. The normalized spacial score (nSPS) is 13.8. The van der Waals surface area contributed by atoms with Crippen LogP contribution in [0.2, 0.25) is 0 Å². The van der Waals surface area contributed by atoms with Gasteiger partial charge in [0.25, 0.3) is 5.56 Å². The fraction of sp³-hybridized carbons (Fsp3) is 0.263. The Bertz CT molecular complexity index is 1060. The first-order valence-electron chi connectivity index (χ1n) is 8.12. The van der Waals surface area contributed by atoms with Crippen LogP contribution in [0.4, 0.5) is 0 Å². The predicted octanol–water partition coefficient (Wildman–Crippen LogP) is 5.00. The van der Waals surface area contributed by atoms with Gasteiger partial charge in [0, 0.05) is 22.7 Å². The molecular formula is C19H17ClN2OS2. The lowest BCUT2D eigenvalue weighted by molar-refractivity contribution is 0.727. The Morgan fingerprint density at radius 3 is 3.00 bits per heavy atom. The van der Waals surface area contributed by atoms with E-state index in [1.807, 2.05) is 13.0 Å². The van der Waals surface area contributed by atoms with Crippen molar-refractivity contribution in [3.05, 3.63) is 56.9 Å². The van der Waals surface area contributed by atoms with Gasteiger partial charge in [0.05, 0.1) is 5.39 Å². The van der Waals surface area contributed by atoms with E-state index in [-0.39, 0.29) is 5.56 Å². The van der Waals surface area contributed by atoms with E-state index >= 15 is 0 Å². The minimum absolute atomic E-state index is 0.0518.